The number of amides is 3. The first kappa shape index (κ1) is 21.7. The van der Waals surface area contributed by atoms with Gasteiger partial charge in [0.15, 0.2) is 0 Å². The molecule has 0 radical (unpaired) electrons. The smallest absolute Gasteiger partial charge is 0.339 e. The van der Waals surface area contributed by atoms with Gasteiger partial charge in [0.05, 0.1) is 39.5 Å². The van der Waals surface area contributed by atoms with Crippen LogP contribution in [-0.4, -0.2) is 30.1 Å². The van der Waals surface area contributed by atoms with Crippen molar-refractivity contribution in [1.82, 2.24) is 10.6 Å². The maximum Gasteiger partial charge on any atom is 0.339 e. The topological polar surface area (TPSA) is 117 Å². The van der Waals surface area contributed by atoms with Crippen molar-refractivity contribution in [3.8, 4) is 5.75 Å². The van der Waals surface area contributed by atoms with Crippen LogP contribution in [0, 0.1) is 0 Å². The predicted octanol–water partition coefficient (Wildman–Crippen LogP) is 3.86. The Morgan fingerprint density at radius 1 is 1.27 bits per heavy atom. The highest BCUT2D eigenvalue weighted by Crippen LogP contribution is 2.37. The minimum absolute atomic E-state index is 0.0561. The average molecular weight is 495 g/mol. The van der Waals surface area contributed by atoms with Crippen LogP contribution in [0.1, 0.15) is 28.9 Å². The highest BCUT2D eigenvalue weighted by molar-refractivity contribution is 9.10. The summed E-state index contributed by atoms with van der Waals surface area (Å²) in [5, 5.41) is 17.9. The molecule has 0 aliphatic carbocycles. The molecule has 1 aliphatic heterocycles. The van der Waals surface area contributed by atoms with Crippen LogP contribution in [0.4, 0.5) is 10.5 Å². The summed E-state index contributed by atoms with van der Waals surface area (Å²) in [5.74, 6) is -1.29. The number of para-hydroxylation sites is 1. The van der Waals surface area contributed by atoms with Crippen molar-refractivity contribution in [2.75, 3.05) is 12.4 Å². The number of ether oxygens (including phenoxy) is 1. The van der Waals surface area contributed by atoms with E-state index in [0.29, 0.717) is 15.7 Å². The van der Waals surface area contributed by atoms with Crippen LogP contribution in [0.5, 0.6) is 5.75 Å². The number of benzene rings is 2. The lowest BCUT2D eigenvalue weighted by molar-refractivity contribution is -0.113. The Kier molecular flexibility index (Phi) is 6.33. The summed E-state index contributed by atoms with van der Waals surface area (Å²) < 4.78 is 5.06. The van der Waals surface area contributed by atoms with Gasteiger partial charge in [-0.1, -0.05) is 23.7 Å². The fraction of sp³-hybridized carbons (Fsp3) is 0.150. The molecule has 0 saturated carbocycles. The molecule has 0 bridgehead atoms. The number of carbonyl (C=O) groups is 3. The predicted molar refractivity (Wildman–Crippen MR) is 114 cm³/mol. The first-order valence-electron chi connectivity index (χ1n) is 8.67. The number of esters is 1. The van der Waals surface area contributed by atoms with E-state index in [0.717, 1.165) is 0 Å². The Balaban J connectivity index is 2.02. The van der Waals surface area contributed by atoms with Crippen LogP contribution in [0.3, 0.4) is 0 Å². The number of allylic oxidation sites excluding steroid dienone is 1. The molecular weight excluding hydrogens is 478 g/mol. The normalized spacial score (nSPS) is 15.9. The number of urea groups is 1. The zero-order valence-electron chi connectivity index (χ0n) is 15.9. The second-order valence-electron chi connectivity index (χ2n) is 6.39. The molecule has 8 nitrogen and oxygen atoms in total. The minimum atomic E-state index is -0.849. The van der Waals surface area contributed by atoms with Gasteiger partial charge in [0, 0.05) is 5.70 Å². The molecule has 30 heavy (non-hydrogen) atoms. The molecule has 0 saturated heterocycles. The van der Waals surface area contributed by atoms with E-state index in [9.17, 15) is 19.5 Å². The number of nitrogens with one attached hydrogen (secondary N) is 3. The Morgan fingerprint density at radius 3 is 2.63 bits per heavy atom. The Bertz CT molecular complexity index is 1060. The van der Waals surface area contributed by atoms with E-state index in [-0.39, 0.29) is 27.6 Å². The molecule has 3 amide bonds. The van der Waals surface area contributed by atoms with E-state index >= 15 is 0 Å². The number of rotatable bonds is 4. The van der Waals surface area contributed by atoms with Crippen molar-refractivity contribution in [2.45, 2.75) is 13.0 Å². The summed E-state index contributed by atoms with van der Waals surface area (Å²) in [6.45, 7) is 1.59. The van der Waals surface area contributed by atoms with Gasteiger partial charge >= 0.3 is 12.0 Å². The Morgan fingerprint density at radius 2 is 1.97 bits per heavy atom. The van der Waals surface area contributed by atoms with Crippen molar-refractivity contribution in [2.24, 2.45) is 0 Å². The lowest BCUT2D eigenvalue weighted by atomic mass is 9.94. The molecule has 0 unspecified atom stereocenters. The number of carbonyl (C=O) groups excluding carboxylic acids is 3. The third kappa shape index (κ3) is 4.27. The molecule has 0 spiro atoms. The van der Waals surface area contributed by atoms with Crippen molar-refractivity contribution in [1.29, 1.82) is 0 Å². The van der Waals surface area contributed by atoms with Crippen molar-refractivity contribution >= 4 is 51.1 Å². The van der Waals surface area contributed by atoms with Gasteiger partial charge in [-0.05, 0) is 52.7 Å². The molecule has 0 aromatic heterocycles. The second kappa shape index (κ2) is 8.76. The van der Waals surface area contributed by atoms with Gasteiger partial charge in [-0.3, -0.25) is 4.79 Å². The van der Waals surface area contributed by atoms with Gasteiger partial charge in [0.1, 0.15) is 5.75 Å². The van der Waals surface area contributed by atoms with E-state index in [1.165, 1.54) is 19.2 Å². The Hall–Kier alpha value is -3.04. The summed E-state index contributed by atoms with van der Waals surface area (Å²) in [6, 6.07) is 8.08. The molecule has 3 rings (SSSR count). The number of phenolic OH excluding ortho intramolecular Hbond substituents is 1. The molecule has 156 valence electrons. The molecule has 1 atom stereocenters. The summed E-state index contributed by atoms with van der Waals surface area (Å²) in [6.07, 6.45) is 0. The summed E-state index contributed by atoms with van der Waals surface area (Å²) in [4.78, 5) is 37.2. The van der Waals surface area contributed by atoms with Gasteiger partial charge < -0.3 is 25.8 Å². The zero-order valence-corrected chi connectivity index (χ0v) is 18.2. The number of methoxy groups -OCH3 is 1. The van der Waals surface area contributed by atoms with Crippen molar-refractivity contribution in [3.05, 3.63) is 68.3 Å². The maximum atomic E-state index is 13.2. The summed E-state index contributed by atoms with van der Waals surface area (Å²) in [5.41, 5.74) is 1.46. The first-order chi connectivity index (χ1) is 14.2. The third-order valence-electron chi connectivity index (χ3n) is 4.47. The van der Waals surface area contributed by atoms with Crippen LogP contribution in [0.25, 0.3) is 0 Å². The lowest BCUT2D eigenvalue weighted by Crippen LogP contribution is -2.46. The standard InChI is InChI=1S/C20H17BrClN3O5/c1-9-15(18(27)24-14-6-4-3-5-11(14)19(28)30-2)16(25-20(29)23-9)10-7-12(21)17(26)13(22)8-10/h3-8,16,26H,1-2H3,(H,24,27)(H2,23,25,29)/t16-/m1/s1. The molecule has 4 N–H and O–H groups in total. The fourth-order valence-corrected chi connectivity index (χ4v) is 3.89. The van der Waals surface area contributed by atoms with Gasteiger partial charge in [-0.25, -0.2) is 9.59 Å². The van der Waals surface area contributed by atoms with Crippen LogP contribution in [0.2, 0.25) is 5.02 Å². The monoisotopic (exact) mass is 493 g/mol. The quantitative estimate of drug-likeness (QED) is 0.482. The number of phenols is 1. The summed E-state index contributed by atoms with van der Waals surface area (Å²) in [7, 11) is 1.25. The summed E-state index contributed by atoms with van der Waals surface area (Å²) >= 11 is 9.27. The molecule has 1 heterocycles. The highest BCUT2D eigenvalue weighted by Gasteiger charge is 2.32. The third-order valence-corrected chi connectivity index (χ3v) is 5.36. The molecular formula is C20H17BrClN3O5. The number of aromatic hydroxyl groups is 1. The Labute approximate surface area is 185 Å². The number of hydrogen-bond donors (Lipinski definition) is 4. The van der Waals surface area contributed by atoms with Gasteiger partial charge in [-0.15, -0.1) is 0 Å². The molecule has 1 aliphatic rings. The van der Waals surface area contributed by atoms with Gasteiger partial charge in [-0.2, -0.15) is 0 Å². The fourth-order valence-electron chi connectivity index (χ4n) is 3.07. The molecule has 2 aromatic rings. The largest absolute Gasteiger partial charge is 0.505 e. The van der Waals surface area contributed by atoms with E-state index in [1.54, 1.807) is 31.2 Å². The van der Waals surface area contributed by atoms with E-state index < -0.39 is 23.9 Å². The van der Waals surface area contributed by atoms with Crippen LogP contribution in [-0.2, 0) is 9.53 Å². The molecule has 2 aromatic carbocycles. The van der Waals surface area contributed by atoms with Crippen molar-refractivity contribution in [3.63, 3.8) is 0 Å². The molecule has 10 heteroatoms. The number of halogens is 2. The lowest BCUT2D eigenvalue weighted by Gasteiger charge is -2.29. The number of anilines is 1. The first-order valence-corrected chi connectivity index (χ1v) is 9.85. The van der Waals surface area contributed by atoms with Crippen LogP contribution >= 0.6 is 27.5 Å². The van der Waals surface area contributed by atoms with Crippen molar-refractivity contribution < 1.29 is 24.2 Å². The zero-order chi connectivity index (χ0) is 22.0. The molecule has 0 fully saturated rings. The second-order valence-corrected chi connectivity index (χ2v) is 7.66. The average Bonchev–Trinajstić information content (AvgIpc) is 2.70. The SMILES string of the molecule is COC(=O)c1ccccc1NC(=O)C1=C(C)NC(=O)N[C@@H]1c1cc(Cl)c(O)c(Br)c1. The van der Waals surface area contributed by atoms with Crippen LogP contribution in [0.15, 0.2) is 52.1 Å². The highest BCUT2D eigenvalue weighted by atomic mass is 79.9. The van der Waals surface area contributed by atoms with E-state index in [1.807, 2.05) is 0 Å². The van der Waals surface area contributed by atoms with Gasteiger partial charge in [0.2, 0.25) is 0 Å². The van der Waals surface area contributed by atoms with Gasteiger partial charge in [0.25, 0.3) is 5.91 Å². The number of hydrogen-bond acceptors (Lipinski definition) is 5. The van der Waals surface area contributed by atoms with Crippen LogP contribution < -0.4 is 16.0 Å². The minimum Gasteiger partial charge on any atom is -0.505 e. The van der Waals surface area contributed by atoms with E-state index in [2.05, 4.69) is 31.9 Å². The maximum absolute atomic E-state index is 13.2. The van der Waals surface area contributed by atoms with E-state index in [4.69, 9.17) is 16.3 Å².